The first-order chi connectivity index (χ1) is 12.6. The van der Waals surface area contributed by atoms with Crippen LogP contribution in [0.4, 0.5) is 0 Å². The van der Waals surface area contributed by atoms with Gasteiger partial charge in [-0.3, -0.25) is 9.59 Å². The summed E-state index contributed by atoms with van der Waals surface area (Å²) in [6.07, 6.45) is 1.37. The highest BCUT2D eigenvalue weighted by molar-refractivity contribution is 6.15. The molecule has 0 saturated carbocycles. The zero-order valence-electron chi connectivity index (χ0n) is 14.5. The van der Waals surface area contributed by atoms with Crippen molar-refractivity contribution in [3.05, 3.63) is 65.3 Å². The molecule has 0 spiro atoms. The lowest BCUT2D eigenvalue weighted by Gasteiger charge is -2.26. The summed E-state index contributed by atoms with van der Waals surface area (Å²) in [4.78, 5) is 26.8. The fourth-order valence-electron chi connectivity index (χ4n) is 2.98. The molecule has 1 aromatic carbocycles. The summed E-state index contributed by atoms with van der Waals surface area (Å²) >= 11 is 0. The molecule has 3 rings (SSSR count). The third kappa shape index (κ3) is 3.09. The first kappa shape index (κ1) is 17.8. The minimum absolute atomic E-state index is 0.00813. The van der Waals surface area contributed by atoms with E-state index < -0.39 is 23.5 Å². The highest BCUT2D eigenvalue weighted by Gasteiger charge is 2.44. The molecule has 0 unspecified atom stereocenters. The van der Waals surface area contributed by atoms with Gasteiger partial charge in [-0.15, -0.1) is 0 Å². The van der Waals surface area contributed by atoms with Crippen molar-refractivity contribution in [2.45, 2.75) is 6.04 Å². The summed E-state index contributed by atoms with van der Waals surface area (Å²) in [5.74, 6) is -0.997. The maximum atomic E-state index is 12.8. The molecule has 0 saturated heterocycles. The van der Waals surface area contributed by atoms with Gasteiger partial charge < -0.3 is 23.9 Å². The number of methoxy groups -OCH3 is 2. The summed E-state index contributed by atoms with van der Waals surface area (Å²) in [6.45, 7) is 0.499. The maximum Gasteiger partial charge on any atom is 0.290 e. The summed E-state index contributed by atoms with van der Waals surface area (Å²) in [5, 5.41) is 10.4. The molecular weight excluding hydrogens is 338 g/mol. The van der Waals surface area contributed by atoms with Crippen molar-refractivity contribution in [1.29, 1.82) is 0 Å². The predicted molar refractivity (Wildman–Crippen MR) is 92.0 cm³/mol. The largest absolute Gasteiger partial charge is 0.503 e. The number of hydrogen-bond acceptors (Lipinski definition) is 6. The van der Waals surface area contributed by atoms with Crippen molar-refractivity contribution in [2.24, 2.45) is 0 Å². The minimum Gasteiger partial charge on any atom is -0.503 e. The minimum atomic E-state index is -0.735. The topological polar surface area (TPSA) is 89.2 Å². The van der Waals surface area contributed by atoms with Crippen LogP contribution in [0.15, 0.2) is 58.4 Å². The molecule has 1 N–H and O–H groups in total. The Hall–Kier alpha value is -3.06. The molecule has 0 bridgehead atoms. The average molecular weight is 357 g/mol. The van der Waals surface area contributed by atoms with Crippen LogP contribution >= 0.6 is 0 Å². The number of aliphatic hydroxyl groups is 1. The van der Waals surface area contributed by atoms with E-state index in [1.807, 2.05) is 0 Å². The van der Waals surface area contributed by atoms with E-state index in [0.717, 1.165) is 0 Å². The number of furan rings is 1. The van der Waals surface area contributed by atoms with Crippen LogP contribution in [0.25, 0.3) is 0 Å². The standard InChI is InChI=1S/C19H19NO6/c1-24-11-9-20-16(12-5-7-13(25-2)8-6-12)15(18(22)19(20)23)17(21)14-4-3-10-26-14/h3-8,10,16,22H,9,11H2,1-2H3/t16-/m1/s1. The van der Waals surface area contributed by atoms with Crippen LogP contribution in [0.5, 0.6) is 5.75 Å². The maximum absolute atomic E-state index is 12.8. The number of rotatable bonds is 7. The average Bonchev–Trinajstić information content (AvgIpc) is 3.28. The van der Waals surface area contributed by atoms with E-state index in [0.29, 0.717) is 11.3 Å². The molecule has 1 aliphatic heterocycles. The smallest absolute Gasteiger partial charge is 0.290 e. The Morgan fingerprint density at radius 2 is 1.96 bits per heavy atom. The van der Waals surface area contributed by atoms with E-state index in [1.54, 1.807) is 37.4 Å². The van der Waals surface area contributed by atoms with Gasteiger partial charge in [0.05, 0.1) is 31.6 Å². The van der Waals surface area contributed by atoms with E-state index in [1.165, 1.54) is 24.3 Å². The van der Waals surface area contributed by atoms with Gasteiger partial charge in [0.1, 0.15) is 5.75 Å². The van der Waals surface area contributed by atoms with E-state index in [4.69, 9.17) is 13.9 Å². The second-order valence-electron chi connectivity index (χ2n) is 5.74. The first-order valence-corrected chi connectivity index (χ1v) is 8.03. The molecule has 1 aliphatic rings. The monoisotopic (exact) mass is 357 g/mol. The van der Waals surface area contributed by atoms with Crippen molar-refractivity contribution in [1.82, 2.24) is 4.90 Å². The molecule has 7 heteroatoms. The lowest BCUT2D eigenvalue weighted by molar-refractivity contribution is -0.130. The zero-order chi connectivity index (χ0) is 18.7. The van der Waals surface area contributed by atoms with E-state index in [2.05, 4.69) is 0 Å². The molecule has 0 radical (unpaired) electrons. The molecule has 1 amide bonds. The van der Waals surface area contributed by atoms with Gasteiger partial charge in [-0.25, -0.2) is 0 Å². The highest BCUT2D eigenvalue weighted by Crippen LogP contribution is 2.39. The van der Waals surface area contributed by atoms with Gasteiger partial charge >= 0.3 is 0 Å². The molecular formula is C19H19NO6. The zero-order valence-corrected chi connectivity index (χ0v) is 14.5. The Morgan fingerprint density at radius 3 is 2.54 bits per heavy atom. The summed E-state index contributed by atoms with van der Waals surface area (Å²) in [6, 6.07) is 9.32. The Bertz CT molecular complexity index is 822. The van der Waals surface area contributed by atoms with E-state index >= 15 is 0 Å². The Morgan fingerprint density at radius 1 is 1.23 bits per heavy atom. The summed E-state index contributed by atoms with van der Waals surface area (Å²) < 4.78 is 15.4. The van der Waals surface area contributed by atoms with E-state index in [-0.39, 0.29) is 24.5 Å². The molecule has 136 valence electrons. The number of Topliss-reactive ketones (excluding diaryl/α,β-unsaturated/α-hetero) is 1. The number of nitrogens with zero attached hydrogens (tertiary/aromatic N) is 1. The van der Waals surface area contributed by atoms with Gasteiger partial charge in [-0.05, 0) is 29.8 Å². The van der Waals surface area contributed by atoms with Crippen molar-refractivity contribution in [2.75, 3.05) is 27.4 Å². The highest BCUT2D eigenvalue weighted by atomic mass is 16.5. The van der Waals surface area contributed by atoms with Crippen LogP contribution in [-0.4, -0.2) is 49.1 Å². The number of amides is 1. The lowest BCUT2D eigenvalue weighted by atomic mass is 9.95. The van der Waals surface area contributed by atoms with Crippen LogP contribution in [0.3, 0.4) is 0 Å². The number of hydrogen-bond donors (Lipinski definition) is 1. The Labute approximate surface area is 150 Å². The second-order valence-corrected chi connectivity index (χ2v) is 5.74. The fourth-order valence-corrected chi connectivity index (χ4v) is 2.98. The number of carbonyl (C=O) groups is 2. The molecule has 2 heterocycles. The summed E-state index contributed by atoms with van der Waals surface area (Å²) in [5.41, 5.74) is 0.667. The molecule has 7 nitrogen and oxygen atoms in total. The first-order valence-electron chi connectivity index (χ1n) is 8.03. The van der Waals surface area contributed by atoms with Gasteiger partial charge in [0, 0.05) is 13.7 Å². The number of benzene rings is 1. The van der Waals surface area contributed by atoms with Crippen molar-refractivity contribution in [3.63, 3.8) is 0 Å². The Balaban J connectivity index is 2.05. The third-order valence-corrected chi connectivity index (χ3v) is 4.26. The molecule has 1 aromatic heterocycles. The molecule has 0 aliphatic carbocycles. The number of ketones is 1. The Kier molecular flexibility index (Phi) is 5.09. The van der Waals surface area contributed by atoms with Crippen LogP contribution in [0.1, 0.15) is 22.2 Å². The number of ether oxygens (including phenoxy) is 2. The molecule has 2 aromatic rings. The number of carbonyl (C=O) groups excluding carboxylic acids is 2. The SMILES string of the molecule is COCCN1C(=O)C(O)=C(C(=O)c2ccco2)[C@H]1c1ccc(OC)cc1. The van der Waals surface area contributed by atoms with Crippen LogP contribution in [0.2, 0.25) is 0 Å². The third-order valence-electron chi connectivity index (χ3n) is 4.26. The fraction of sp³-hybridized carbons (Fsp3) is 0.263. The van der Waals surface area contributed by atoms with Gasteiger partial charge in [0.15, 0.2) is 11.5 Å². The molecule has 0 fully saturated rings. The predicted octanol–water partition coefficient (Wildman–Crippen LogP) is 2.51. The van der Waals surface area contributed by atoms with E-state index in [9.17, 15) is 14.7 Å². The van der Waals surface area contributed by atoms with Crippen LogP contribution in [0, 0.1) is 0 Å². The van der Waals surface area contributed by atoms with Crippen molar-refractivity contribution < 1.29 is 28.6 Å². The summed E-state index contributed by atoms with van der Waals surface area (Å²) in [7, 11) is 3.07. The van der Waals surface area contributed by atoms with Crippen molar-refractivity contribution >= 4 is 11.7 Å². The van der Waals surface area contributed by atoms with Crippen LogP contribution < -0.4 is 4.74 Å². The van der Waals surface area contributed by atoms with Gasteiger partial charge in [0.25, 0.3) is 5.91 Å². The normalized spacial score (nSPS) is 17.1. The lowest BCUT2D eigenvalue weighted by Crippen LogP contribution is -2.33. The van der Waals surface area contributed by atoms with Gasteiger partial charge in [-0.1, -0.05) is 12.1 Å². The van der Waals surface area contributed by atoms with Gasteiger partial charge in [-0.2, -0.15) is 0 Å². The molecule has 26 heavy (non-hydrogen) atoms. The van der Waals surface area contributed by atoms with Gasteiger partial charge in [0.2, 0.25) is 5.78 Å². The van der Waals surface area contributed by atoms with Crippen LogP contribution in [-0.2, 0) is 9.53 Å². The van der Waals surface area contributed by atoms with Crippen molar-refractivity contribution in [3.8, 4) is 5.75 Å². The number of aliphatic hydroxyl groups excluding tert-OH is 1. The molecule has 1 atom stereocenters. The quantitative estimate of drug-likeness (QED) is 0.766. The second kappa shape index (κ2) is 7.45.